The number of phenols is 2. The number of methoxy groups -OCH3 is 8. The molecule has 0 aliphatic carbocycles. The second-order valence-electron chi connectivity index (χ2n) is 10.9. The third-order valence-electron chi connectivity index (χ3n) is 8.37. The lowest BCUT2D eigenvalue weighted by Gasteiger charge is -2.37. The summed E-state index contributed by atoms with van der Waals surface area (Å²) in [6.07, 6.45) is 2.89. The molecular weight excluding hydrogens is 624 g/mol. The Morgan fingerprint density at radius 3 is 1.60 bits per heavy atom. The molecule has 0 saturated heterocycles. The second-order valence-corrected chi connectivity index (χ2v) is 10.9. The van der Waals surface area contributed by atoms with Crippen LogP contribution < -0.4 is 33.2 Å². The van der Waals surface area contributed by atoms with E-state index >= 15 is 0 Å². The van der Waals surface area contributed by atoms with Crippen LogP contribution in [0.4, 0.5) is 4.79 Å². The number of carbonyl (C=O) groups excluding carboxylic acids is 1. The average Bonchev–Trinajstić information content (AvgIpc) is 3.10. The van der Waals surface area contributed by atoms with Gasteiger partial charge in [-0.15, -0.1) is 0 Å². The van der Waals surface area contributed by atoms with Crippen molar-refractivity contribution in [3.05, 3.63) is 65.2 Å². The minimum absolute atomic E-state index is 0.00786. The molecule has 12 heteroatoms. The highest BCUT2D eigenvalue weighted by Gasteiger charge is 2.38. The third kappa shape index (κ3) is 8.04. The van der Waals surface area contributed by atoms with Crippen molar-refractivity contribution in [1.82, 2.24) is 0 Å². The van der Waals surface area contributed by atoms with Crippen LogP contribution >= 0.6 is 0 Å². The molecular formula is C36H46O12. The third-order valence-corrected chi connectivity index (χ3v) is 8.37. The topological polar surface area (TPSA) is 141 Å². The Morgan fingerprint density at radius 1 is 0.646 bits per heavy atom. The predicted octanol–water partition coefficient (Wildman–Crippen LogP) is 6.69. The fraction of sp³-hybridized carbons (Fsp3) is 0.417. The molecule has 3 aromatic rings. The molecule has 3 atom stereocenters. The van der Waals surface area contributed by atoms with Gasteiger partial charge in [-0.2, -0.15) is 0 Å². The highest BCUT2D eigenvalue weighted by molar-refractivity contribution is 5.60. The summed E-state index contributed by atoms with van der Waals surface area (Å²) < 4.78 is 49.8. The van der Waals surface area contributed by atoms with Gasteiger partial charge >= 0.3 is 6.16 Å². The monoisotopic (exact) mass is 670 g/mol. The molecule has 0 fully saturated rings. The highest BCUT2D eigenvalue weighted by atomic mass is 16.7. The van der Waals surface area contributed by atoms with Gasteiger partial charge in [-0.1, -0.05) is 26.0 Å². The van der Waals surface area contributed by atoms with Gasteiger partial charge in [-0.3, -0.25) is 0 Å². The number of ether oxygens (including phenoxy) is 9. The smallest absolute Gasteiger partial charge is 0.504 e. The molecule has 0 aliphatic heterocycles. The Bertz CT molecular complexity index is 1510. The van der Waals surface area contributed by atoms with Crippen LogP contribution in [0.15, 0.2) is 48.6 Å². The van der Waals surface area contributed by atoms with E-state index in [0.717, 1.165) is 5.56 Å². The van der Waals surface area contributed by atoms with Crippen LogP contribution in [0.5, 0.6) is 51.7 Å². The van der Waals surface area contributed by atoms with Crippen molar-refractivity contribution in [2.45, 2.75) is 25.7 Å². The number of carbonyl (C=O) groups is 1. The summed E-state index contributed by atoms with van der Waals surface area (Å²) in [6, 6.07) is 10.1. The van der Waals surface area contributed by atoms with Gasteiger partial charge in [0.15, 0.2) is 34.5 Å². The van der Waals surface area contributed by atoms with Gasteiger partial charge in [0.05, 0.1) is 56.9 Å². The van der Waals surface area contributed by atoms with E-state index < -0.39 is 12.1 Å². The van der Waals surface area contributed by atoms with E-state index in [0.29, 0.717) is 39.9 Å². The van der Waals surface area contributed by atoms with Crippen LogP contribution in [0.25, 0.3) is 0 Å². The zero-order chi connectivity index (χ0) is 35.5. The van der Waals surface area contributed by atoms with Crippen molar-refractivity contribution in [3.63, 3.8) is 0 Å². The number of allylic oxidation sites excluding steroid dienone is 1. The number of rotatable bonds is 16. The molecule has 3 aromatic carbocycles. The summed E-state index contributed by atoms with van der Waals surface area (Å²) in [5.41, 5.74) is 2.09. The maximum Gasteiger partial charge on any atom is 0.508 e. The maximum atomic E-state index is 11.6. The first-order chi connectivity index (χ1) is 23.0. The summed E-state index contributed by atoms with van der Waals surface area (Å²) >= 11 is 0. The number of phenolic OH excluding ortho intramolecular Hbond substituents is 2. The predicted molar refractivity (Wildman–Crippen MR) is 179 cm³/mol. The van der Waals surface area contributed by atoms with E-state index in [9.17, 15) is 15.0 Å². The summed E-state index contributed by atoms with van der Waals surface area (Å²) in [4.78, 5) is 11.6. The van der Waals surface area contributed by atoms with Crippen LogP contribution in [0.2, 0.25) is 0 Å². The van der Waals surface area contributed by atoms with Crippen molar-refractivity contribution in [2.24, 2.45) is 11.8 Å². The summed E-state index contributed by atoms with van der Waals surface area (Å²) in [6.45, 7) is 4.08. The molecule has 0 bridgehead atoms. The molecule has 48 heavy (non-hydrogen) atoms. The molecule has 0 amide bonds. The normalized spacial score (nSPS) is 13.0. The van der Waals surface area contributed by atoms with Gasteiger partial charge in [-0.05, 0) is 36.0 Å². The summed E-state index contributed by atoms with van der Waals surface area (Å²) in [5, 5.41) is 21.4. The molecule has 12 nitrogen and oxygen atoms in total. The average molecular weight is 671 g/mol. The van der Waals surface area contributed by atoms with E-state index in [1.54, 1.807) is 45.6 Å². The van der Waals surface area contributed by atoms with Crippen LogP contribution in [-0.4, -0.2) is 79.9 Å². The van der Waals surface area contributed by atoms with Gasteiger partial charge in [-0.25, -0.2) is 4.79 Å². The second kappa shape index (κ2) is 17.1. The Balaban J connectivity index is 2.44. The Hall–Kier alpha value is -5.13. The van der Waals surface area contributed by atoms with Crippen molar-refractivity contribution in [2.75, 3.05) is 63.5 Å². The van der Waals surface area contributed by atoms with E-state index in [4.69, 9.17) is 37.9 Å². The first kappa shape index (κ1) is 37.3. The van der Waals surface area contributed by atoms with Gasteiger partial charge in [0, 0.05) is 40.8 Å². The zero-order valence-electron chi connectivity index (χ0n) is 29.1. The largest absolute Gasteiger partial charge is 0.508 e. The molecule has 0 spiro atoms. The van der Waals surface area contributed by atoms with E-state index in [1.807, 2.05) is 19.1 Å². The SMILES string of the molecule is COC(=O)OC/C=C/[C@H](C)[C@H](c1cc(OC)cc(OC)c1OC)[C@@H](C)C(c1cc(OC)c(O)cc1OC)c1cc(OC)c(O)cc1OC. The first-order valence-electron chi connectivity index (χ1n) is 15.1. The number of hydrogen-bond donors (Lipinski definition) is 2. The van der Waals surface area contributed by atoms with Crippen LogP contribution in [0.3, 0.4) is 0 Å². The Kier molecular flexibility index (Phi) is 13.3. The van der Waals surface area contributed by atoms with Crippen LogP contribution in [-0.2, 0) is 9.47 Å². The fourth-order valence-electron chi connectivity index (χ4n) is 6.18. The lowest BCUT2D eigenvalue weighted by atomic mass is 9.68. The molecule has 0 heterocycles. The van der Waals surface area contributed by atoms with Gasteiger partial charge in [0.25, 0.3) is 0 Å². The first-order valence-corrected chi connectivity index (χ1v) is 15.1. The minimum Gasteiger partial charge on any atom is -0.504 e. The lowest BCUT2D eigenvalue weighted by Crippen LogP contribution is -2.25. The fourth-order valence-corrected chi connectivity index (χ4v) is 6.18. The minimum atomic E-state index is -0.793. The summed E-state index contributed by atoms with van der Waals surface area (Å²) in [5.74, 6) is 1.09. The Labute approximate surface area is 281 Å². The number of benzene rings is 3. The zero-order valence-corrected chi connectivity index (χ0v) is 29.1. The van der Waals surface area contributed by atoms with Gasteiger partial charge in [0.2, 0.25) is 0 Å². The van der Waals surface area contributed by atoms with Crippen LogP contribution in [0, 0.1) is 11.8 Å². The van der Waals surface area contributed by atoms with Crippen LogP contribution in [0.1, 0.15) is 42.4 Å². The van der Waals surface area contributed by atoms with E-state index in [1.165, 1.54) is 47.7 Å². The van der Waals surface area contributed by atoms with Crippen molar-refractivity contribution in [3.8, 4) is 51.7 Å². The molecule has 3 rings (SSSR count). The molecule has 262 valence electrons. The van der Waals surface area contributed by atoms with Gasteiger partial charge < -0.3 is 52.8 Å². The molecule has 0 aliphatic rings. The summed E-state index contributed by atoms with van der Waals surface area (Å²) in [7, 11) is 11.9. The maximum absolute atomic E-state index is 11.6. The standard InChI is InChI=1S/C36H46O12/c1-20(12-11-13-48-36(39)47-10)33(25-14-22(40-3)15-32(45-8)35(25)46-9)21(2)34(23-16-30(43-6)26(37)18-28(23)41-4)24-17-31(44-7)27(38)19-29(24)42-5/h11-12,14-21,33-34,37-38H,13H2,1-10H3/b12-11+/t20-,21+,33-/m0/s1. The van der Waals surface area contributed by atoms with E-state index in [-0.39, 0.29) is 47.4 Å². The molecule has 0 radical (unpaired) electrons. The molecule has 0 saturated carbocycles. The van der Waals surface area contributed by atoms with Crippen molar-refractivity contribution >= 4 is 6.16 Å². The lowest BCUT2D eigenvalue weighted by molar-refractivity contribution is 0.0817. The van der Waals surface area contributed by atoms with Crippen molar-refractivity contribution in [1.29, 1.82) is 0 Å². The number of hydrogen-bond acceptors (Lipinski definition) is 12. The van der Waals surface area contributed by atoms with Crippen molar-refractivity contribution < 1.29 is 57.6 Å². The molecule has 0 unspecified atom stereocenters. The van der Waals surface area contributed by atoms with Gasteiger partial charge in [0.1, 0.15) is 23.9 Å². The quantitative estimate of drug-likeness (QED) is 0.124. The molecule has 0 aromatic heterocycles. The number of aromatic hydroxyl groups is 2. The molecule has 2 N–H and O–H groups in total. The van der Waals surface area contributed by atoms with E-state index in [2.05, 4.69) is 11.7 Å². The highest BCUT2D eigenvalue weighted by Crippen LogP contribution is 2.54. The Morgan fingerprint density at radius 2 is 1.17 bits per heavy atom.